The average molecular weight is 265 g/mol. The fourth-order valence-electron chi connectivity index (χ4n) is 1.88. The molecule has 0 aliphatic carbocycles. The van der Waals surface area contributed by atoms with Gasteiger partial charge in [-0.25, -0.2) is 0 Å². The zero-order valence-electron chi connectivity index (χ0n) is 12.8. The largest absolute Gasteiger partial charge is 0.496 e. The average Bonchev–Trinajstić information content (AvgIpc) is 2.42. The fraction of sp³-hybridized carbons (Fsp3) is 0.625. The van der Waals surface area contributed by atoms with E-state index in [1.807, 2.05) is 18.2 Å². The maximum Gasteiger partial charge on any atom is 0.124 e. The number of hydrogen-bond donors (Lipinski definition) is 1. The third kappa shape index (κ3) is 5.21. The van der Waals surface area contributed by atoms with E-state index < -0.39 is 0 Å². The molecule has 2 atom stereocenters. The van der Waals surface area contributed by atoms with Gasteiger partial charge in [0.1, 0.15) is 5.75 Å². The van der Waals surface area contributed by atoms with Gasteiger partial charge < -0.3 is 14.8 Å². The summed E-state index contributed by atoms with van der Waals surface area (Å²) in [4.78, 5) is 0. The molecule has 0 aliphatic rings. The van der Waals surface area contributed by atoms with Gasteiger partial charge in [0.2, 0.25) is 0 Å². The third-order valence-corrected chi connectivity index (χ3v) is 3.17. The molecule has 0 aliphatic heterocycles. The minimum Gasteiger partial charge on any atom is -0.496 e. The number of ether oxygens (including phenoxy) is 2. The monoisotopic (exact) mass is 265 g/mol. The lowest BCUT2D eigenvalue weighted by Crippen LogP contribution is -2.30. The van der Waals surface area contributed by atoms with Crippen molar-refractivity contribution in [3.8, 4) is 5.75 Å². The number of nitrogens with one attached hydrogen (secondary N) is 1. The molecule has 1 aromatic rings. The number of hydrogen-bond acceptors (Lipinski definition) is 3. The maximum atomic E-state index is 6.14. The summed E-state index contributed by atoms with van der Waals surface area (Å²) in [6.07, 6.45) is 1.27. The van der Waals surface area contributed by atoms with Crippen molar-refractivity contribution in [2.75, 3.05) is 13.7 Å². The molecule has 19 heavy (non-hydrogen) atoms. The Labute approximate surface area is 117 Å². The second-order valence-electron chi connectivity index (χ2n) is 5.15. The highest BCUT2D eigenvalue weighted by atomic mass is 16.5. The first kappa shape index (κ1) is 16.0. The molecular formula is C16H27NO2. The van der Waals surface area contributed by atoms with Crippen LogP contribution in [0.3, 0.4) is 0 Å². The highest BCUT2D eigenvalue weighted by Crippen LogP contribution is 2.28. The molecule has 1 N–H and O–H groups in total. The quantitative estimate of drug-likeness (QED) is 0.779. The van der Waals surface area contributed by atoms with E-state index in [1.165, 1.54) is 0 Å². The first-order valence-electron chi connectivity index (χ1n) is 7.10. The predicted octanol–water partition coefficient (Wildman–Crippen LogP) is 3.55. The smallest absolute Gasteiger partial charge is 0.124 e. The zero-order valence-corrected chi connectivity index (χ0v) is 12.8. The Balaban J connectivity index is 2.87. The fourth-order valence-corrected chi connectivity index (χ4v) is 1.88. The van der Waals surface area contributed by atoms with Crippen LogP contribution >= 0.6 is 0 Å². The Morgan fingerprint density at radius 3 is 2.42 bits per heavy atom. The summed E-state index contributed by atoms with van der Waals surface area (Å²) in [6.45, 7) is 9.32. The van der Waals surface area contributed by atoms with Crippen molar-refractivity contribution in [1.82, 2.24) is 5.32 Å². The number of methoxy groups -OCH3 is 1. The first-order chi connectivity index (χ1) is 9.08. The van der Waals surface area contributed by atoms with Gasteiger partial charge in [-0.05, 0) is 19.4 Å². The molecule has 0 saturated heterocycles. The maximum absolute atomic E-state index is 6.14. The van der Waals surface area contributed by atoms with Gasteiger partial charge >= 0.3 is 0 Å². The molecule has 0 saturated carbocycles. The summed E-state index contributed by atoms with van der Waals surface area (Å²) in [5, 5.41) is 3.44. The van der Waals surface area contributed by atoms with E-state index in [-0.39, 0.29) is 12.2 Å². The van der Waals surface area contributed by atoms with E-state index in [9.17, 15) is 0 Å². The van der Waals surface area contributed by atoms with E-state index in [0.29, 0.717) is 6.04 Å². The number of rotatable bonds is 8. The van der Waals surface area contributed by atoms with Crippen LogP contribution in [-0.4, -0.2) is 25.8 Å². The van der Waals surface area contributed by atoms with E-state index in [1.54, 1.807) is 7.11 Å². The van der Waals surface area contributed by atoms with Gasteiger partial charge in [0.25, 0.3) is 0 Å². The summed E-state index contributed by atoms with van der Waals surface area (Å²) < 4.78 is 11.6. The standard InChI is InChI=1S/C16H27NO2/c1-6-13(4)19-16(11-17-12(2)3)14-9-7-8-10-15(14)18-5/h7-10,12-13,16-17H,6,11H2,1-5H3. The Morgan fingerprint density at radius 2 is 1.84 bits per heavy atom. The van der Waals surface area contributed by atoms with Crippen molar-refractivity contribution in [2.45, 2.75) is 52.4 Å². The van der Waals surface area contributed by atoms with E-state index in [2.05, 4.69) is 39.1 Å². The molecule has 1 rings (SSSR count). The normalized spacial score (nSPS) is 14.4. The lowest BCUT2D eigenvalue weighted by atomic mass is 10.1. The molecule has 0 spiro atoms. The second kappa shape index (κ2) is 8.18. The van der Waals surface area contributed by atoms with E-state index in [0.717, 1.165) is 24.3 Å². The van der Waals surface area contributed by atoms with Crippen LogP contribution < -0.4 is 10.1 Å². The summed E-state index contributed by atoms with van der Waals surface area (Å²) in [5.74, 6) is 0.890. The van der Waals surface area contributed by atoms with Crippen LogP contribution in [0.15, 0.2) is 24.3 Å². The Bertz CT molecular complexity index is 366. The predicted molar refractivity (Wildman–Crippen MR) is 79.7 cm³/mol. The summed E-state index contributed by atoms with van der Waals surface area (Å²) in [7, 11) is 1.70. The van der Waals surface area contributed by atoms with Crippen LogP contribution in [0.25, 0.3) is 0 Å². The summed E-state index contributed by atoms with van der Waals surface area (Å²) in [5.41, 5.74) is 1.11. The molecule has 0 fully saturated rings. The summed E-state index contributed by atoms with van der Waals surface area (Å²) in [6, 6.07) is 8.52. The van der Waals surface area contributed by atoms with Gasteiger partial charge in [0, 0.05) is 18.2 Å². The SMILES string of the molecule is CCC(C)OC(CNC(C)C)c1ccccc1OC. The topological polar surface area (TPSA) is 30.5 Å². The van der Waals surface area contributed by atoms with Crippen LogP contribution in [0.2, 0.25) is 0 Å². The highest BCUT2D eigenvalue weighted by molar-refractivity contribution is 5.35. The van der Waals surface area contributed by atoms with Gasteiger partial charge in [-0.15, -0.1) is 0 Å². The van der Waals surface area contributed by atoms with Gasteiger partial charge in [0.05, 0.1) is 19.3 Å². The van der Waals surface area contributed by atoms with Gasteiger partial charge in [-0.3, -0.25) is 0 Å². The molecule has 0 radical (unpaired) electrons. The molecule has 0 amide bonds. The Kier molecular flexibility index (Phi) is 6.89. The Hall–Kier alpha value is -1.06. The van der Waals surface area contributed by atoms with Crippen molar-refractivity contribution < 1.29 is 9.47 Å². The molecule has 0 aromatic heterocycles. The molecular weight excluding hydrogens is 238 g/mol. The molecule has 2 unspecified atom stereocenters. The van der Waals surface area contributed by atoms with Gasteiger partial charge in [0.15, 0.2) is 0 Å². The lowest BCUT2D eigenvalue weighted by Gasteiger charge is -2.25. The highest BCUT2D eigenvalue weighted by Gasteiger charge is 2.18. The zero-order chi connectivity index (χ0) is 14.3. The van der Waals surface area contributed by atoms with Gasteiger partial charge in [-0.2, -0.15) is 0 Å². The summed E-state index contributed by atoms with van der Waals surface area (Å²) >= 11 is 0. The van der Waals surface area contributed by atoms with Crippen LogP contribution in [0, 0.1) is 0 Å². The van der Waals surface area contributed by atoms with E-state index in [4.69, 9.17) is 9.47 Å². The first-order valence-corrected chi connectivity index (χ1v) is 7.10. The molecule has 3 heteroatoms. The lowest BCUT2D eigenvalue weighted by molar-refractivity contribution is -0.00645. The van der Waals surface area contributed by atoms with Crippen molar-refractivity contribution in [2.24, 2.45) is 0 Å². The van der Waals surface area contributed by atoms with Crippen LogP contribution in [0.1, 0.15) is 45.8 Å². The van der Waals surface area contributed by atoms with Crippen molar-refractivity contribution >= 4 is 0 Å². The third-order valence-electron chi connectivity index (χ3n) is 3.17. The van der Waals surface area contributed by atoms with Crippen LogP contribution in [0.5, 0.6) is 5.75 Å². The molecule has 0 heterocycles. The Morgan fingerprint density at radius 1 is 1.16 bits per heavy atom. The van der Waals surface area contributed by atoms with Crippen molar-refractivity contribution in [3.05, 3.63) is 29.8 Å². The van der Waals surface area contributed by atoms with E-state index >= 15 is 0 Å². The molecule has 0 bridgehead atoms. The van der Waals surface area contributed by atoms with Gasteiger partial charge in [-0.1, -0.05) is 39.0 Å². The van der Waals surface area contributed by atoms with Crippen LogP contribution in [0.4, 0.5) is 0 Å². The molecule has 108 valence electrons. The second-order valence-corrected chi connectivity index (χ2v) is 5.15. The van der Waals surface area contributed by atoms with Crippen molar-refractivity contribution in [1.29, 1.82) is 0 Å². The number of para-hydroxylation sites is 1. The minimum atomic E-state index is 0.0218. The molecule has 3 nitrogen and oxygen atoms in total. The molecule has 1 aromatic carbocycles. The number of benzene rings is 1. The minimum absolute atomic E-state index is 0.0218. The van der Waals surface area contributed by atoms with Crippen LogP contribution in [-0.2, 0) is 4.74 Å². The van der Waals surface area contributed by atoms with Crippen molar-refractivity contribution in [3.63, 3.8) is 0 Å².